The van der Waals surface area contributed by atoms with Crippen LogP contribution in [0.15, 0.2) is 23.4 Å². The summed E-state index contributed by atoms with van der Waals surface area (Å²) in [5.41, 5.74) is 0. The summed E-state index contributed by atoms with van der Waals surface area (Å²) in [6.45, 7) is 0. The molecule has 0 aromatic carbocycles. The number of hydrogen-bond acceptors (Lipinski definition) is 3. The fraction of sp³-hybridized carbons (Fsp3) is 0. The van der Waals surface area contributed by atoms with Crippen molar-refractivity contribution in [2.75, 3.05) is 0 Å². The number of amides is 1. The average Bonchev–Trinajstić information content (AvgIpc) is 2.32. The standard InChI is InChI=1S/C5H6N2O4S/c8-5(9)7-12(10,11)4-2-1-3-6-4/h1-3,6-7H,(H,8,9). The average molecular weight is 190 g/mol. The molecule has 0 saturated carbocycles. The second kappa shape index (κ2) is 2.86. The van der Waals surface area contributed by atoms with Crippen LogP contribution in [0.1, 0.15) is 0 Å². The molecule has 0 aliphatic rings. The summed E-state index contributed by atoms with van der Waals surface area (Å²) >= 11 is 0. The number of aromatic nitrogens is 1. The first-order valence-corrected chi connectivity index (χ1v) is 4.40. The van der Waals surface area contributed by atoms with Gasteiger partial charge in [0, 0.05) is 6.20 Å². The van der Waals surface area contributed by atoms with Crippen LogP contribution in [0.2, 0.25) is 0 Å². The maximum absolute atomic E-state index is 11.0. The molecule has 1 amide bonds. The molecule has 7 heteroatoms. The smallest absolute Gasteiger partial charge is 0.418 e. The fourth-order valence-electron chi connectivity index (χ4n) is 0.651. The van der Waals surface area contributed by atoms with E-state index in [0.29, 0.717) is 0 Å². The van der Waals surface area contributed by atoms with Gasteiger partial charge in [-0.15, -0.1) is 0 Å². The van der Waals surface area contributed by atoms with E-state index in [2.05, 4.69) is 4.98 Å². The van der Waals surface area contributed by atoms with Crippen molar-refractivity contribution < 1.29 is 18.3 Å². The molecule has 3 N–H and O–H groups in total. The highest BCUT2D eigenvalue weighted by Gasteiger charge is 2.16. The van der Waals surface area contributed by atoms with Crippen LogP contribution in [-0.2, 0) is 10.0 Å². The van der Waals surface area contributed by atoms with Gasteiger partial charge in [0.25, 0.3) is 10.0 Å². The monoisotopic (exact) mass is 190 g/mol. The molecule has 0 aliphatic carbocycles. The molecule has 12 heavy (non-hydrogen) atoms. The zero-order valence-corrected chi connectivity index (χ0v) is 6.63. The predicted molar refractivity (Wildman–Crippen MR) is 39.1 cm³/mol. The Morgan fingerprint density at radius 2 is 2.25 bits per heavy atom. The van der Waals surface area contributed by atoms with Gasteiger partial charge in [0.15, 0.2) is 5.03 Å². The summed E-state index contributed by atoms with van der Waals surface area (Å²) in [6, 6.07) is 2.71. The molecule has 1 heterocycles. The molecule has 1 rings (SSSR count). The van der Waals surface area contributed by atoms with E-state index in [1.807, 2.05) is 0 Å². The van der Waals surface area contributed by atoms with E-state index < -0.39 is 16.1 Å². The van der Waals surface area contributed by atoms with Crippen molar-refractivity contribution in [2.45, 2.75) is 5.03 Å². The van der Waals surface area contributed by atoms with Crippen LogP contribution in [-0.4, -0.2) is 24.6 Å². The Morgan fingerprint density at radius 1 is 1.58 bits per heavy atom. The third kappa shape index (κ3) is 1.76. The Morgan fingerprint density at radius 3 is 2.67 bits per heavy atom. The quantitative estimate of drug-likeness (QED) is 0.609. The molecular weight excluding hydrogens is 184 g/mol. The first-order valence-electron chi connectivity index (χ1n) is 2.91. The van der Waals surface area contributed by atoms with Gasteiger partial charge in [0.1, 0.15) is 0 Å². The second-order valence-electron chi connectivity index (χ2n) is 1.95. The summed E-state index contributed by atoms with van der Waals surface area (Å²) in [5, 5.41) is 7.97. The molecule has 6 nitrogen and oxygen atoms in total. The first kappa shape index (κ1) is 8.60. The highest BCUT2D eigenvalue weighted by atomic mass is 32.2. The van der Waals surface area contributed by atoms with Crippen molar-refractivity contribution in [2.24, 2.45) is 0 Å². The van der Waals surface area contributed by atoms with Crippen molar-refractivity contribution >= 4 is 16.1 Å². The SMILES string of the molecule is O=C(O)NS(=O)(=O)c1ccc[nH]1. The Labute approximate surface area is 68.3 Å². The summed E-state index contributed by atoms with van der Waals surface area (Å²) in [7, 11) is -3.92. The normalized spacial score (nSPS) is 11.0. The molecule has 0 aliphatic heterocycles. The van der Waals surface area contributed by atoms with Gasteiger partial charge in [-0.05, 0) is 12.1 Å². The summed E-state index contributed by atoms with van der Waals surface area (Å²) in [6.07, 6.45) is -0.222. The van der Waals surface area contributed by atoms with Gasteiger partial charge in [0.05, 0.1) is 0 Å². The van der Waals surface area contributed by atoms with Gasteiger partial charge in [-0.3, -0.25) is 0 Å². The van der Waals surface area contributed by atoms with Crippen LogP contribution in [0.25, 0.3) is 0 Å². The molecule has 66 valence electrons. The Balaban J connectivity index is 2.96. The maximum Gasteiger partial charge on any atom is 0.418 e. The molecule has 0 saturated heterocycles. The summed E-state index contributed by atoms with van der Waals surface area (Å²) < 4.78 is 23.3. The Bertz CT molecular complexity index is 366. The molecular formula is C5H6N2O4S. The van der Waals surface area contributed by atoms with Crippen molar-refractivity contribution in [1.29, 1.82) is 0 Å². The van der Waals surface area contributed by atoms with Crippen LogP contribution in [0.3, 0.4) is 0 Å². The van der Waals surface area contributed by atoms with E-state index in [0.717, 1.165) is 0 Å². The Kier molecular flexibility index (Phi) is 2.05. The number of H-pyrrole nitrogens is 1. The van der Waals surface area contributed by atoms with Crippen LogP contribution < -0.4 is 4.72 Å². The number of carbonyl (C=O) groups is 1. The minimum Gasteiger partial charge on any atom is -0.464 e. The lowest BCUT2D eigenvalue weighted by Crippen LogP contribution is -2.28. The van der Waals surface area contributed by atoms with Gasteiger partial charge in [-0.1, -0.05) is 0 Å². The molecule has 0 spiro atoms. The van der Waals surface area contributed by atoms with E-state index >= 15 is 0 Å². The van der Waals surface area contributed by atoms with E-state index in [9.17, 15) is 13.2 Å². The molecule has 0 radical (unpaired) electrons. The van der Waals surface area contributed by atoms with Gasteiger partial charge in [-0.25, -0.2) is 9.52 Å². The number of sulfonamides is 1. The third-order valence-corrected chi connectivity index (χ3v) is 2.36. The lowest BCUT2D eigenvalue weighted by atomic mass is 10.7. The first-order chi connectivity index (χ1) is 5.52. The van der Waals surface area contributed by atoms with E-state index in [-0.39, 0.29) is 5.03 Å². The molecule has 0 fully saturated rings. The second-order valence-corrected chi connectivity index (χ2v) is 3.60. The number of rotatable bonds is 2. The zero-order chi connectivity index (χ0) is 9.19. The van der Waals surface area contributed by atoms with Gasteiger partial charge < -0.3 is 10.1 Å². The topological polar surface area (TPSA) is 99.3 Å². The van der Waals surface area contributed by atoms with Crippen LogP contribution in [0, 0.1) is 0 Å². The van der Waals surface area contributed by atoms with Crippen LogP contribution >= 0.6 is 0 Å². The van der Waals surface area contributed by atoms with Crippen molar-refractivity contribution in [3.8, 4) is 0 Å². The Hall–Kier alpha value is -1.50. The zero-order valence-electron chi connectivity index (χ0n) is 5.81. The highest BCUT2D eigenvalue weighted by molar-refractivity contribution is 7.90. The van der Waals surface area contributed by atoms with Crippen LogP contribution in [0.5, 0.6) is 0 Å². The molecule has 1 aromatic rings. The lowest BCUT2D eigenvalue weighted by Gasteiger charge is -1.98. The minimum atomic E-state index is -3.92. The molecule has 0 bridgehead atoms. The number of aromatic amines is 1. The van der Waals surface area contributed by atoms with Gasteiger partial charge in [-0.2, -0.15) is 8.42 Å². The number of hydrogen-bond donors (Lipinski definition) is 3. The summed E-state index contributed by atoms with van der Waals surface area (Å²) in [4.78, 5) is 12.4. The van der Waals surface area contributed by atoms with Gasteiger partial charge in [0.2, 0.25) is 0 Å². The third-order valence-electron chi connectivity index (χ3n) is 1.08. The predicted octanol–water partition coefficient (Wildman–Crippen LogP) is -0.0290. The molecule has 1 aromatic heterocycles. The minimum absolute atomic E-state index is 0.176. The highest BCUT2D eigenvalue weighted by Crippen LogP contribution is 2.02. The van der Waals surface area contributed by atoms with Crippen molar-refractivity contribution in [3.63, 3.8) is 0 Å². The van der Waals surface area contributed by atoms with Crippen LogP contribution in [0.4, 0.5) is 4.79 Å². The fourth-order valence-corrected chi connectivity index (χ4v) is 1.47. The number of carboxylic acid groups (broad SMARTS) is 1. The lowest BCUT2D eigenvalue weighted by molar-refractivity contribution is 0.201. The van der Waals surface area contributed by atoms with Crippen molar-refractivity contribution in [1.82, 2.24) is 9.71 Å². The molecule has 0 atom stereocenters. The van der Waals surface area contributed by atoms with E-state index in [4.69, 9.17) is 5.11 Å². The largest absolute Gasteiger partial charge is 0.464 e. The van der Waals surface area contributed by atoms with Gasteiger partial charge >= 0.3 is 6.09 Å². The number of nitrogens with one attached hydrogen (secondary N) is 2. The molecule has 0 unspecified atom stereocenters. The van der Waals surface area contributed by atoms with E-state index in [1.165, 1.54) is 23.1 Å². The van der Waals surface area contributed by atoms with Crippen molar-refractivity contribution in [3.05, 3.63) is 18.3 Å². The van der Waals surface area contributed by atoms with E-state index in [1.54, 1.807) is 0 Å². The summed E-state index contributed by atoms with van der Waals surface area (Å²) in [5.74, 6) is 0. The maximum atomic E-state index is 11.0.